The Balaban J connectivity index is 1.73. The van der Waals surface area contributed by atoms with Gasteiger partial charge in [0.15, 0.2) is 0 Å². The maximum atomic E-state index is 11.2. The molecule has 0 spiro atoms. The summed E-state index contributed by atoms with van der Waals surface area (Å²) in [6.45, 7) is 0. The summed E-state index contributed by atoms with van der Waals surface area (Å²) in [5, 5.41) is 22.8. The second-order valence-electron chi connectivity index (χ2n) is 6.76. The molecule has 1 fully saturated rings. The molecule has 1 amide bonds. The topological polar surface area (TPSA) is 188 Å². The van der Waals surface area contributed by atoms with Gasteiger partial charge >= 0.3 is 171 Å². The number of nitrogen functional groups attached to an aromatic ring is 1. The second kappa shape index (κ2) is 9.04. The van der Waals surface area contributed by atoms with Gasteiger partial charge < -0.3 is 0 Å². The zero-order valence-electron chi connectivity index (χ0n) is 15.6. The van der Waals surface area contributed by atoms with Crippen molar-refractivity contribution in [1.29, 1.82) is 0 Å². The Bertz CT molecular complexity index is 917. The number of primary amides is 1. The molecule has 1 aliphatic rings. The van der Waals surface area contributed by atoms with Gasteiger partial charge in [0.1, 0.15) is 0 Å². The van der Waals surface area contributed by atoms with Gasteiger partial charge in [-0.05, 0) is 0 Å². The van der Waals surface area contributed by atoms with Crippen LogP contribution in [0.1, 0.15) is 12.6 Å². The molecular formula is C17H24N7O4Se+. The number of nitrogens with zero attached hydrogens (tertiary/aromatic N) is 4. The summed E-state index contributed by atoms with van der Waals surface area (Å²) in [5.74, 6) is 2.30. The minimum absolute atomic E-state index is 0.213. The molecule has 8 N–H and O–H groups in total. The van der Waals surface area contributed by atoms with E-state index in [9.17, 15) is 15.0 Å². The summed E-state index contributed by atoms with van der Waals surface area (Å²) in [7, 11) is 0. The van der Waals surface area contributed by atoms with Crippen LogP contribution in [-0.2, 0) is 9.53 Å². The molecule has 1 saturated heterocycles. The predicted molar refractivity (Wildman–Crippen MR) is 106 cm³/mol. The molecule has 29 heavy (non-hydrogen) atoms. The molecule has 12 heteroatoms. The number of aromatic nitrogens is 4. The summed E-state index contributed by atoms with van der Waals surface area (Å²) in [6, 6.07) is -0.728. The Hall–Kier alpha value is -2.26. The Labute approximate surface area is 171 Å². The molecule has 11 nitrogen and oxygen atoms in total. The van der Waals surface area contributed by atoms with E-state index in [1.165, 1.54) is 17.2 Å². The summed E-state index contributed by atoms with van der Waals surface area (Å²) in [5.41, 5.74) is 17.5. The number of anilines is 1. The number of hydrogen-bond donors (Lipinski definition) is 5. The maximum absolute atomic E-state index is 11.2. The van der Waals surface area contributed by atoms with Crippen molar-refractivity contribution in [3.63, 3.8) is 0 Å². The third-order valence-electron chi connectivity index (χ3n) is 4.77. The molecule has 0 aromatic carbocycles. The molecule has 1 unspecified atom stereocenters. The van der Waals surface area contributed by atoms with Gasteiger partial charge in [-0.15, -0.1) is 0 Å². The van der Waals surface area contributed by atoms with E-state index in [0.29, 0.717) is 33.5 Å². The Kier molecular flexibility index (Phi) is 6.69. The zero-order chi connectivity index (χ0) is 21.1. The minimum atomic E-state index is -1.45. The van der Waals surface area contributed by atoms with E-state index in [4.69, 9.17) is 28.4 Å². The number of hydrogen-bond acceptors (Lipinski definition) is 9. The van der Waals surface area contributed by atoms with Crippen molar-refractivity contribution in [3.8, 4) is 12.3 Å². The van der Waals surface area contributed by atoms with Crippen LogP contribution in [0.5, 0.6) is 0 Å². The zero-order valence-corrected chi connectivity index (χ0v) is 17.3. The van der Waals surface area contributed by atoms with Crippen molar-refractivity contribution >= 4 is 36.8 Å². The van der Waals surface area contributed by atoms with Gasteiger partial charge in [-0.25, -0.2) is 0 Å². The first-order valence-electron chi connectivity index (χ1n) is 8.90. The fourth-order valence-corrected chi connectivity index (χ4v) is 7.33. The number of aliphatic hydroxyl groups is 2. The summed E-state index contributed by atoms with van der Waals surface area (Å²) < 4.78 is 7.50. The molecule has 2 aromatic rings. The molecule has 0 aliphatic carbocycles. The van der Waals surface area contributed by atoms with Crippen LogP contribution in [0.4, 0.5) is 5.82 Å². The average Bonchev–Trinajstić information content (AvgIpc) is 3.23. The number of fused-ring (bicyclic) bond motifs is 1. The van der Waals surface area contributed by atoms with Crippen LogP contribution < -0.4 is 17.2 Å². The van der Waals surface area contributed by atoms with Crippen LogP contribution in [0.2, 0.25) is 16.0 Å². The molecule has 3 heterocycles. The Morgan fingerprint density at radius 1 is 1.38 bits per heavy atom. The number of carbonyl (C=O) groups is 1. The number of amides is 1. The Morgan fingerprint density at radius 2 is 2.14 bits per heavy atom. The quantitative estimate of drug-likeness (QED) is 0.223. The number of ether oxygens (including phenoxy) is 1. The standard InChI is InChI=1S/C17H23N7O4Se/c1-2-4-29(5-3-9(18)15(20)27)6-10-12(25)13(26)17(28-10)24-8-23-11-14(19)21-7-22-16(11)24/h1,7-10,12-13,17,25-26H,3-6,18H2,(H3-,19,20,21,22,27)/p+1/t9-,10+,12+,13+,17+,29?/m0/s1. The van der Waals surface area contributed by atoms with Crippen molar-refractivity contribution in [2.24, 2.45) is 11.5 Å². The number of rotatable bonds is 8. The van der Waals surface area contributed by atoms with Gasteiger partial charge in [0.25, 0.3) is 0 Å². The van der Waals surface area contributed by atoms with E-state index in [1.54, 1.807) is 0 Å². The monoisotopic (exact) mass is 470 g/mol. The van der Waals surface area contributed by atoms with E-state index in [1.807, 2.05) is 0 Å². The van der Waals surface area contributed by atoms with Crippen LogP contribution in [-0.4, -0.2) is 73.9 Å². The first-order valence-corrected chi connectivity index (χ1v) is 12.5. The molecule has 0 radical (unpaired) electrons. The molecular weight excluding hydrogens is 445 g/mol. The van der Waals surface area contributed by atoms with Gasteiger partial charge in [-0.3, -0.25) is 0 Å². The first-order chi connectivity index (χ1) is 13.8. The van der Waals surface area contributed by atoms with Crippen LogP contribution in [0.25, 0.3) is 11.2 Å². The third kappa shape index (κ3) is 4.51. The van der Waals surface area contributed by atoms with Crippen LogP contribution >= 0.6 is 0 Å². The predicted octanol–water partition coefficient (Wildman–Crippen LogP) is -1.64. The summed E-state index contributed by atoms with van der Waals surface area (Å²) in [4.78, 5) is 23.4. The van der Waals surface area contributed by atoms with Gasteiger partial charge in [-0.2, -0.15) is 0 Å². The Morgan fingerprint density at radius 3 is 2.83 bits per heavy atom. The van der Waals surface area contributed by atoms with Crippen LogP contribution in [0.15, 0.2) is 12.7 Å². The van der Waals surface area contributed by atoms with Gasteiger partial charge in [0.2, 0.25) is 0 Å². The number of imidazole rings is 1. The van der Waals surface area contributed by atoms with Crippen molar-refractivity contribution in [3.05, 3.63) is 12.7 Å². The summed E-state index contributed by atoms with van der Waals surface area (Å²) in [6.07, 6.45) is 4.87. The molecule has 1 aliphatic heterocycles. The summed E-state index contributed by atoms with van der Waals surface area (Å²) >= 11 is -1.45. The normalized spacial score (nSPS) is 26.3. The average molecular weight is 469 g/mol. The molecule has 0 saturated carbocycles. The second-order valence-corrected chi connectivity index (χ2v) is 11.5. The molecule has 156 valence electrons. The SMILES string of the molecule is C#CC[Se+](CC[C@H](N)C(N)=O)C[C@H]1O[C@@H](n2cnc3c(N)ncnc32)[C@H](O)[C@@H]1O. The number of aliphatic hydroxyl groups excluding tert-OH is 2. The molecule has 3 rings (SSSR count). The fourth-order valence-electron chi connectivity index (χ4n) is 3.15. The van der Waals surface area contributed by atoms with Gasteiger partial charge in [0.05, 0.1) is 0 Å². The van der Waals surface area contributed by atoms with Gasteiger partial charge in [-0.1, -0.05) is 0 Å². The van der Waals surface area contributed by atoms with E-state index in [-0.39, 0.29) is 5.82 Å². The van der Waals surface area contributed by atoms with Crippen molar-refractivity contribution < 1.29 is 19.7 Å². The number of nitrogens with two attached hydrogens (primary N) is 3. The van der Waals surface area contributed by atoms with Gasteiger partial charge in [0, 0.05) is 0 Å². The van der Waals surface area contributed by atoms with E-state index < -0.39 is 50.4 Å². The number of carbonyl (C=O) groups excluding carboxylic acids is 1. The molecule has 0 bridgehead atoms. The van der Waals surface area contributed by atoms with Crippen LogP contribution in [0.3, 0.4) is 0 Å². The number of terminal acetylenes is 1. The third-order valence-corrected chi connectivity index (χ3v) is 9.36. The van der Waals surface area contributed by atoms with E-state index >= 15 is 0 Å². The molecule has 6 atom stereocenters. The molecule has 2 aromatic heterocycles. The van der Waals surface area contributed by atoms with Crippen LogP contribution in [0, 0.1) is 12.3 Å². The van der Waals surface area contributed by atoms with Crippen molar-refractivity contribution in [2.75, 3.05) is 5.73 Å². The van der Waals surface area contributed by atoms with Crippen molar-refractivity contribution in [1.82, 2.24) is 19.5 Å². The first kappa shape index (κ1) is 21.4. The van der Waals surface area contributed by atoms with E-state index in [0.717, 1.165) is 0 Å². The van der Waals surface area contributed by atoms with E-state index in [2.05, 4.69) is 20.9 Å². The fraction of sp³-hybridized carbons (Fsp3) is 0.529. The van der Waals surface area contributed by atoms with Crippen molar-refractivity contribution in [2.45, 2.75) is 53.0 Å².